The van der Waals surface area contributed by atoms with E-state index >= 15 is 0 Å². The molecule has 0 aliphatic carbocycles. The van der Waals surface area contributed by atoms with E-state index in [9.17, 15) is 0 Å². The Kier molecular flexibility index (Phi) is 3.39. The van der Waals surface area contributed by atoms with Crippen LogP contribution in [0.3, 0.4) is 0 Å². The third-order valence-corrected chi connectivity index (χ3v) is 2.67. The van der Waals surface area contributed by atoms with Gasteiger partial charge in [-0.2, -0.15) is 5.10 Å². The average molecular weight is 232 g/mol. The van der Waals surface area contributed by atoms with Crippen molar-refractivity contribution in [1.29, 1.82) is 0 Å². The highest BCUT2D eigenvalue weighted by Gasteiger charge is 2.15. The molecule has 2 aromatic heterocycles. The van der Waals surface area contributed by atoms with E-state index in [1.54, 1.807) is 19.5 Å². The van der Waals surface area contributed by atoms with Crippen molar-refractivity contribution >= 4 is 0 Å². The fraction of sp³-hybridized carbons (Fsp3) is 0.333. The van der Waals surface area contributed by atoms with E-state index < -0.39 is 0 Å². The number of hydrogen-bond acceptors (Lipinski definition) is 4. The summed E-state index contributed by atoms with van der Waals surface area (Å²) in [6.07, 6.45) is 5.40. The first-order valence-electron chi connectivity index (χ1n) is 5.53. The molecular weight excluding hydrogens is 216 g/mol. The summed E-state index contributed by atoms with van der Waals surface area (Å²) >= 11 is 0. The molecule has 5 heteroatoms. The van der Waals surface area contributed by atoms with E-state index in [1.807, 2.05) is 29.9 Å². The molecule has 2 rings (SSSR count). The van der Waals surface area contributed by atoms with Gasteiger partial charge in [0.2, 0.25) is 5.88 Å². The SMILES string of the molecule is CCn1cc(C(N)c2cccnc2OC)cn1. The molecule has 1 unspecified atom stereocenters. The molecule has 0 aliphatic rings. The van der Waals surface area contributed by atoms with E-state index in [1.165, 1.54) is 0 Å². The van der Waals surface area contributed by atoms with E-state index in [-0.39, 0.29) is 6.04 Å². The van der Waals surface area contributed by atoms with Gasteiger partial charge in [0.05, 0.1) is 19.3 Å². The Morgan fingerprint density at radius 1 is 1.53 bits per heavy atom. The Morgan fingerprint density at radius 3 is 3.00 bits per heavy atom. The van der Waals surface area contributed by atoms with E-state index in [0.29, 0.717) is 5.88 Å². The number of aromatic nitrogens is 3. The highest BCUT2D eigenvalue weighted by Crippen LogP contribution is 2.25. The lowest BCUT2D eigenvalue weighted by atomic mass is 10.0. The van der Waals surface area contributed by atoms with E-state index in [2.05, 4.69) is 10.1 Å². The van der Waals surface area contributed by atoms with Gasteiger partial charge >= 0.3 is 0 Å². The lowest BCUT2D eigenvalue weighted by molar-refractivity contribution is 0.390. The van der Waals surface area contributed by atoms with Crippen molar-refractivity contribution in [3.8, 4) is 5.88 Å². The first-order chi connectivity index (χ1) is 8.26. The van der Waals surface area contributed by atoms with Crippen molar-refractivity contribution in [2.75, 3.05) is 7.11 Å². The highest BCUT2D eigenvalue weighted by molar-refractivity contribution is 5.35. The number of nitrogens with zero attached hydrogens (tertiary/aromatic N) is 3. The van der Waals surface area contributed by atoms with Gasteiger partial charge in [0.1, 0.15) is 0 Å². The van der Waals surface area contributed by atoms with Crippen LogP contribution in [-0.4, -0.2) is 21.9 Å². The van der Waals surface area contributed by atoms with Gasteiger partial charge in [0, 0.05) is 30.1 Å². The van der Waals surface area contributed by atoms with Gasteiger partial charge in [-0.1, -0.05) is 6.07 Å². The van der Waals surface area contributed by atoms with Crippen LogP contribution in [0.2, 0.25) is 0 Å². The fourth-order valence-electron chi connectivity index (χ4n) is 1.70. The van der Waals surface area contributed by atoms with E-state index in [0.717, 1.165) is 17.7 Å². The number of ether oxygens (including phenoxy) is 1. The molecule has 0 saturated heterocycles. The first kappa shape index (κ1) is 11.6. The van der Waals surface area contributed by atoms with Crippen LogP contribution in [0.1, 0.15) is 24.1 Å². The van der Waals surface area contributed by atoms with Crippen LogP contribution in [0.25, 0.3) is 0 Å². The van der Waals surface area contributed by atoms with Crippen molar-refractivity contribution < 1.29 is 4.74 Å². The average Bonchev–Trinajstić information content (AvgIpc) is 2.86. The second-order valence-electron chi connectivity index (χ2n) is 3.71. The van der Waals surface area contributed by atoms with Gasteiger partial charge in [0.25, 0.3) is 0 Å². The fourth-order valence-corrected chi connectivity index (χ4v) is 1.70. The summed E-state index contributed by atoms with van der Waals surface area (Å²) in [4.78, 5) is 4.14. The zero-order valence-corrected chi connectivity index (χ0v) is 10.00. The molecule has 0 saturated carbocycles. The molecule has 0 fully saturated rings. The Bertz CT molecular complexity index is 495. The molecule has 5 nitrogen and oxygen atoms in total. The summed E-state index contributed by atoms with van der Waals surface area (Å²) in [6.45, 7) is 2.86. The van der Waals surface area contributed by atoms with Crippen molar-refractivity contribution in [2.45, 2.75) is 19.5 Å². The third kappa shape index (κ3) is 2.29. The Labute approximate surface area is 100 Å². The number of nitrogens with two attached hydrogens (primary N) is 1. The van der Waals surface area contributed by atoms with Crippen LogP contribution < -0.4 is 10.5 Å². The summed E-state index contributed by atoms with van der Waals surface area (Å²) in [6, 6.07) is 3.50. The van der Waals surface area contributed by atoms with Crippen molar-refractivity contribution in [3.05, 3.63) is 41.9 Å². The molecule has 0 spiro atoms. The summed E-state index contributed by atoms with van der Waals surface area (Å²) in [5.74, 6) is 0.559. The molecule has 0 aliphatic heterocycles. The predicted octanol–water partition coefficient (Wildman–Crippen LogP) is 1.35. The number of hydrogen-bond donors (Lipinski definition) is 1. The van der Waals surface area contributed by atoms with Crippen LogP contribution in [0.5, 0.6) is 5.88 Å². The summed E-state index contributed by atoms with van der Waals surface area (Å²) < 4.78 is 7.05. The minimum absolute atomic E-state index is 0.265. The van der Waals surface area contributed by atoms with Crippen molar-refractivity contribution in [2.24, 2.45) is 5.73 Å². The normalized spacial score (nSPS) is 12.4. The molecule has 90 valence electrons. The second kappa shape index (κ2) is 4.97. The number of rotatable bonds is 4. The monoisotopic (exact) mass is 232 g/mol. The number of pyridine rings is 1. The molecule has 0 amide bonds. The zero-order chi connectivity index (χ0) is 12.3. The highest BCUT2D eigenvalue weighted by atomic mass is 16.5. The van der Waals surface area contributed by atoms with Gasteiger partial charge in [-0.15, -0.1) is 0 Å². The molecule has 2 heterocycles. The topological polar surface area (TPSA) is 66.0 Å². The molecule has 0 aromatic carbocycles. The molecule has 17 heavy (non-hydrogen) atoms. The van der Waals surface area contributed by atoms with Gasteiger partial charge in [-0.25, -0.2) is 4.98 Å². The maximum absolute atomic E-state index is 6.19. The summed E-state index contributed by atoms with van der Waals surface area (Å²) in [7, 11) is 1.59. The standard InChI is InChI=1S/C12H16N4O/c1-3-16-8-9(7-15-16)11(13)10-5-4-6-14-12(10)17-2/h4-8,11H,3,13H2,1-2H3. The summed E-state index contributed by atoms with van der Waals surface area (Å²) in [5, 5.41) is 4.21. The van der Waals surface area contributed by atoms with Crippen LogP contribution in [0.4, 0.5) is 0 Å². The molecule has 1 atom stereocenters. The van der Waals surface area contributed by atoms with Crippen LogP contribution in [-0.2, 0) is 6.54 Å². The Hall–Kier alpha value is -1.88. The first-order valence-corrected chi connectivity index (χ1v) is 5.53. The van der Waals surface area contributed by atoms with Crippen LogP contribution in [0.15, 0.2) is 30.7 Å². The summed E-state index contributed by atoms with van der Waals surface area (Å²) in [5.41, 5.74) is 8.01. The van der Waals surface area contributed by atoms with E-state index in [4.69, 9.17) is 10.5 Å². The van der Waals surface area contributed by atoms with Crippen molar-refractivity contribution in [3.63, 3.8) is 0 Å². The minimum Gasteiger partial charge on any atom is -0.481 e. The van der Waals surface area contributed by atoms with Gasteiger partial charge in [-0.3, -0.25) is 4.68 Å². The molecule has 2 N–H and O–H groups in total. The molecule has 2 aromatic rings. The molecular formula is C12H16N4O. The van der Waals surface area contributed by atoms with Crippen LogP contribution in [0, 0.1) is 0 Å². The predicted molar refractivity (Wildman–Crippen MR) is 64.7 cm³/mol. The zero-order valence-electron chi connectivity index (χ0n) is 10.00. The largest absolute Gasteiger partial charge is 0.481 e. The lowest BCUT2D eigenvalue weighted by Crippen LogP contribution is -2.13. The minimum atomic E-state index is -0.265. The number of methoxy groups -OCH3 is 1. The molecule has 0 bridgehead atoms. The van der Waals surface area contributed by atoms with Crippen LogP contribution >= 0.6 is 0 Å². The maximum Gasteiger partial charge on any atom is 0.218 e. The lowest BCUT2D eigenvalue weighted by Gasteiger charge is -2.12. The quantitative estimate of drug-likeness (QED) is 0.864. The maximum atomic E-state index is 6.19. The van der Waals surface area contributed by atoms with Gasteiger partial charge in [-0.05, 0) is 13.0 Å². The van der Waals surface area contributed by atoms with Crippen molar-refractivity contribution in [1.82, 2.24) is 14.8 Å². The number of aryl methyl sites for hydroxylation is 1. The Balaban J connectivity index is 2.32. The molecule has 0 radical (unpaired) electrons. The van der Waals surface area contributed by atoms with Gasteiger partial charge in [0.15, 0.2) is 0 Å². The smallest absolute Gasteiger partial charge is 0.218 e. The Morgan fingerprint density at radius 2 is 2.35 bits per heavy atom. The second-order valence-corrected chi connectivity index (χ2v) is 3.71. The van der Waals surface area contributed by atoms with Gasteiger partial charge < -0.3 is 10.5 Å². The third-order valence-electron chi connectivity index (χ3n) is 2.67.